The highest BCUT2D eigenvalue weighted by atomic mass is 16.5. The van der Waals surface area contributed by atoms with Gasteiger partial charge in [-0.05, 0) is 32.0 Å². The van der Waals surface area contributed by atoms with E-state index in [1.165, 1.54) is 7.11 Å². The second-order valence-electron chi connectivity index (χ2n) is 4.70. The lowest BCUT2D eigenvalue weighted by Gasteiger charge is -2.07. The molecule has 1 aromatic heterocycles. The number of nitrogens with zero attached hydrogens (tertiary/aromatic N) is 2. The van der Waals surface area contributed by atoms with Gasteiger partial charge in [0.25, 0.3) is 5.91 Å². The number of carbonyl (C=O) groups is 2. The van der Waals surface area contributed by atoms with Crippen LogP contribution in [-0.2, 0) is 11.8 Å². The molecule has 0 saturated heterocycles. The van der Waals surface area contributed by atoms with Crippen molar-refractivity contribution in [3.05, 3.63) is 46.8 Å². The van der Waals surface area contributed by atoms with Crippen LogP contribution in [0.5, 0.6) is 0 Å². The summed E-state index contributed by atoms with van der Waals surface area (Å²) in [4.78, 5) is 23.8. The summed E-state index contributed by atoms with van der Waals surface area (Å²) in [6.45, 7) is 3.62. The first-order chi connectivity index (χ1) is 9.93. The lowest BCUT2D eigenvalue weighted by molar-refractivity contribution is 0.0600. The monoisotopic (exact) mass is 287 g/mol. The average Bonchev–Trinajstić information content (AvgIpc) is 2.71. The van der Waals surface area contributed by atoms with Gasteiger partial charge in [-0.2, -0.15) is 5.10 Å². The molecule has 21 heavy (non-hydrogen) atoms. The molecule has 110 valence electrons. The fourth-order valence-electron chi connectivity index (χ4n) is 2.14. The number of carbonyl (C=O) groups excluding carboxylic acids is 2. The average molecular weight is 287 g/mol. The third-order valence-corrected chi connectivity index (χ3v) is 3.28. The summed E-state index contributed by atoms with van der Waals surface area (Å²) in [6.07, 6.45) is 0. The highest BCUT2D eigenvalue weighted by Crippen LogP contribution is 2.16. The van der Waals surface area contributed by atoms with E-state index in [0.29, 0.717) is 22.5 Å². The van der Waals surface area contributed by atoms with Crippen molar-refractivity contribution in [3.8, 4) is 0 Å². The Morgan fingerprint density at radius 1 is 1.29 bits per heavy atom. The zero-order valence-electron chi connectivity index (χ0n) is 12.4. The van der Waals surface area contributed by atoms with Gasteiger partial charge < -0.3 is 10.1 Å². The first kappa shape index (κ1) is 14.8. The number of ether oxygens (including phenoxy) is 1. The third-order valence-electron chi connectivity index (χ3n) is 3.28. The van der Waals surface area contributed by atoms with Gasteiger partial charge in [-0.3, -0.25) is 9.48 Å². The van der Waals surface area contributed by atoms with Gasteiger partial charge in [0, 0.05) is 18.4 Å². The maximum Gasteiger partial charge on any atom is 0.337 e. The Morgan fingerprint density at radius 3 is 2.57 bits per heavy atom. The van der Waals surface area contributed by atoms with Crippen molar-refractivity contribution < 1.29 is 14.3 Å². The molecule has 0 saturated carbocycles. The van der Waals surface area contributed by atoms with E-state index in [2.05, 4.69) is 15.2 Å². The van der Waals surface area contributed by atoms with Gasteiger partial charge in [0.1, 0.15) is 0 Å². The van der Waals surface area contributed by atoms with Gasteiger partial charge in [-0.15, -0.1) is 0 Å². The molecule has 2 aromatic rings. The van der Waals surface area contributed by atoms with Gasteiger partial charge >= 0.3 is 5.97 Å². The number of nitrogens with one attached hydrogen (secondary N) is 1. The first-order valence-electron chi connectivity index (χ1n) is 6.44. The molecule has 0 radical (unpaired) electrons. The predicted octanol–water partition coefficient (Wildman–Crippen LogP) is 2.08. The molecule has 0 spiro atoms. The normalized spacial score (nSPS) is 10.3. The van der Waals surface area contributed by atoms with E-state index in [1.807, 2.05) is 6.92 Å². The van der Waals surface area contributed by atoms with Crippen LogP contribution in [0, 0.1) is 13.8 Å². The van der Waals surface area contributed by atoms with Crippen molar-refractivity contribution in [2.75, 3.05) is 12.4 Å². The van der Waals surface area contributed by atoms with E-state index in [9.17, 15) is 9.59 Å². The second-order valence-corrected chi connectivity index (χ2v) is 4.70. The van der Waals surface area contributed by atoms with Crippen LogP contribution in [0.4, 0.5) is 5.69 Å². The van der Waals surface area contributed by atoms with Crippen LogP contribution in [0.2, 0.25) is 0 Å². The Labute approximate surface area is 122 Å². The Bertz CT molecular complexity index is 704. The molecule has 1 amide bonds. The number of rotatable bonds is 3. The molecule has 1 aromatic carbocycles. The van der Waals surface area contributed by atoms with Crippen molar-refractivity contribution in [2.24, 2.45) is 7.05 Å². The zero-order valence-corrected chi connectivity index (χ0v) is 12.4. The number of amides is 1. The molecule has 0 unspecified atom stereocenters. The van der Waals surface area contributed by atoms with Crippen molar-refractivity contribution in [1.29, 1.82) is 0 Å². The number of hydrogen-bond acceptors (Lipinski definition) is 4. The fourth-order valence-corrected chi connectivity index (χ4v) is 2.14. The number of aryl methyl sites for hydroxylation is 2. The van der Waals surface area contributed by atoms with Crippen LogP contribution in [0.3, 0.4) is 0 Å². The molecule has 0 aliphatic carbocycles. The largest absolute Gasteiger partial charge is 0.465 e. The van der Waals surface area contributed by atoms with Gasteiger partial charge in [-0.25, -0.2) is 4.79 Å². The first-order valence-corrected chi connectivity index (χ1v) is 6.44. The highest BCUT2D eigenvalue weighted by molar-refractivity contribution is 6.06. The molecule has 0 aliphatic heterocycles. The molecule has 2 rings (SSSR count). The van der Waals surface area contributed by atoms with Gasteiger partial charge in [0.2, 0.25) is 0 Å². The number of hydrogen-bond donors (Lipinski definition) is 1. The highest BCUT2D eigenvalue weighted by Gasteiger charge is 2.17. The smallest absolute Gasteiger partial charge is 0.337 e. The summed E-state index contributed by atoms with van der Waals surface area (Å²) in [5.41, 5.74) is 2.91. The van der Waals surface area contributed by atoms with Crippen LogP contribution < -0.4 is 5.32 Å². The zero-order chi connectivity index (χ0) is 15.6. The summed E-state index contributed by atoms with van der Waals surface area (Å²) in [5, 5.41) is 6.99. The molecule has 0 aliphatic rings. The quantitative estimate of drug-likeness (QED) is 0.877. The second kappa shape index (κ2) is 5.78. The minimum atomic E-state index is -0.445. The fraction of sp³-hybridized carbons (Fsp3) is 0.267. The van der Waals surface area contributed by atoms with Gasteiger partial charge in [0.15, 0.2) is 0 Å². The van der Waals surface area contributed by atoms with E-state index < -0.39 is 5.97 Å². The van der Waals surface area contributed by atoms with Crippen LogP contribution >= 0.6 is 0 Å². The lowest BCUT2D eigenvalue weighted by atomic mass is 10.1. The van der Waals surface area contributed by atoms with Crippen molar-refractivity contribution >= 4 is 17.6 Å². The van der Waals surface area contributed by atoms with Gasteiger partial charge in [0.05, 0.1) is 23.9 Å². The Hall–Kier alpha value is -2.63. The van der Waals surface area contributed by atoms with E-state index in [1.54, 1.807) is 42.9 Å². The molecule has 1 N–H and O–H groups in total. The third kappa shape index (κ3) is 2.94. The van der Waals surface area contributed by atoms with E-state index in [0.717, 1.165) is 5.69 Å². The topological polar surface area (TPSA) is 73.2 Å². The molecule has 6 heteroatoms. The van der Waals surface area contributed by atoms with Crippen molar-refractivity contribution in [2.45, 2.75) is 13.8 Å². The van der Waals surface area contributed by atoms with Gasteiger partial charge in [-0.1, -0.05) is 6.07 Å². The van der Waals surface area contributed by atoms with E-state index >= 15 is 0 Å². The Kier molecular flexibility index (Phi) is 4.07. The molecule has 6 nitrogen and oxygen atoms in total. The predicted molar refractivity (Wildman–Crippen MR) is 78.4 cm³/mol. The molecular weight excluding hydrogens is 270 g/mol. The molecule has 1 heterocycles. The number of methoxy groups -OCH3 is 1. The minimum Gasteiger partial charge on any atom is -0.465 e. The lowest BCUT2D eigenvalue weighted by Crippen LogP contribution is -2.14. The number of aromatic nitrogens is 2. The summed E-state index contributed by atoms with van der Waals surface area (Å²) >= 11 is 0. The maximum atomic E-state index is 12.3. The summed E-state index contributed by atoms with van der Waals surface area (Å²) in [6, 6.07) is 6.60. The minimum absolute atomic E-state index is 0.250. The number of benzene rings is 1. The van der Waals surface area contributed by atoms with Crippen LogP contribution in [0.25, 0.3) is 0 Å². The van der Waals surface area contributed by atoms with E-state index in [-0.39, 0.29) is 5.91 Å². The molecule has 0 fully saturated rings. The van der Waals surface area contributed by atoms with E-state index in [4.69, 9.17) is 0 Å². The standard InChI is InChI=1S/C15H17N3O3/c1-9-13(10(2)18(3)17-9)14(19)16-12-7-5-6-11(8-12)15(20)21-4/h5-8H,1-4H3,(H,16,19). The maximum absolute atomic E-state index is 12.3. The number of anilines is 1. The van der Waals surface area contributed by atoms with Crippen molar-refractivity contribution in [1.82, 2.24) is 9.78 Å². The molecule has 0 atom stereocenters. The van der Waals surface area contributed by atoms with Crippen molar-refractivity contribution in [3.63, 3.8) is 0 Å². The number of esters is 1. The Balaban J connectivity index is 2.26. The van der Waals surface area contributed by atoms with Crippen LogP contribution in [-0.4, -0.2) is 28.8 Å². The van der Waals surface area contributed by atoms with Crippen LogP contribution in [0.15, 0.2) is 24.3 Å². The molecular formula is C15H17N3O3. The summed E-state index contributed by atoms with van der Waals surface area (Å²) < 4.78 is 6.32. The molecule has 0 bridgehead atoms. The Morgan fingerprint density at radius 2 is 2.00 bits per heavy atom. The van der Waals surface area contributed by atoms with Crippen LogP contribution in [0.1, 0.15) is 32.1 Å². The summed E-state index contributed by atoms with van der Waals surface area (Å²) in [7, 11) is 3.10. The SMILES string of the molecule is COC(=O)c1cccc(NC(=O)c2c(C)nn(C)c2C)c1. The summed E-state index contributed by atoms with van der Waals surface area (Å²) in [5.74, 6) is -0.694.